The number of rotatable bonds is 2. The van der Waals surface area contributed by atoms with E-state index in [9.17, 15) is 5.11 Å². The van der Waals surface area contributed by atoms with E-state index in [4.69, 9.17) is 4.74 Å². The van der Waals surface area contributed by atoms with Crippen molar-refractivity contribution in [3.8, 4) is 0 Å². The number of thiophene rings is 1. The molecule has 2 heterocycles. The van der Waals surface area contributed by atoms with Crippen LogP contribution in [0.3, 0.4) is 0 Å². The smallest absolute Gasteiger partial charge is 0.146 e. The Morgan fingerprint density at radius 2 is 2.43 bits per heavy atom. The number of allylic oxidation sites excluding steroid dienone is 1. The van der Waals surface area contributed by atoms with Crippen molar-refractivity contribution in [2.45, 2.75) is 18.9 Å². The van der Waals surface area contributed by atoms with Gasteiger partial charge in [0.1, 0.15) is 11.9 Å². The summed E-state index contributed by atoms with van der Waals surface area (Å²) in [6.45, 7) is 0.714. The number of halogens is 1. The predicted octanol–water partition coefficient (Wildman–Crippen LogP) is 3.24. The number of hydrogen-bond donors (Lipinski definition) is 1. The fourth-order valence-corrected chi connectivity index (χ4v) is 2.98. The topological polar surface area (TPSA) is 29.5 Å². The fourth-order valence-electron chi connectivity index (χ4n) is 1.40. The summed E-state index contributed by atoms with van der Waals surface area (Å²) in [7, 11) is 0. The molecule has 0 radical (unpaired) electrons. The van der Waals surface area contributed by atoms with Gasteiger partial charge < -0.3 is 9.84 Å². The van der Waals surface area contributed by atoms with Gasteiger partial charge in [-0.1, -0.05) is 0 Å². The molecule has 14 heavy (non-hydrogen) atoms. The third-order valence-electron chi connectivity index (χ3n) is 2.13. The molecule has 1 unspecified atom stereocenters. The van der Waals surface area contributed by atoms with Crippen LogP contribution >= 0.6 is 27.3 Å². The average molecular weight is 275 g/mol. The molecule has 4 heteroatoms. The molecule has 0 amide bonds. The summed E-state index contributed by atoms with van der Waals surface area (Å²) in [5, 5.41) is 12.0. The van der Waals surface area contributed by atoms with E-state index in [0.29, 0.717) is 12.4 Å². The Kier molecular flexibility index (Phi) is 3.26. The highest BCUT2D eigenvalue weighted by atomic mass is 79.9. The molecule has 1 aromatic heterocycles. The summed E-state index contributed by atoms with van der Waals surface area (Å²) in [6, 6.07) is 1.94. The summed E-state index contributed by atoms with van der Waals surface area (Å²) in [6.07, 6.45) is 3.40. The second-order valence-corrected chi connectivity index (χ2v) is 4.93. The first-order chi connectivity index (χ1) is 6.79. The SMILES string of the molecule is OC(C1=CCCCO1)c1sccc1Br. The Hall–Kier alpha value is -0.320. The van der Waals surface area contributed by atoms with Crippen LogP contribution in [0.4, 0.5) is 0 Å². The highest BCUT2D eigenvalue weighted by Crippen LogP contribution is 2.34. The Labute approximate surface area is 95.3 Å². The van der Waals surface area contributed by atoms with E-state index in [0.717, 1.165) is 22.2 Å². The van der Waals surface area contributed by atoms with E-state index in [1.54, 1.807) is 0 Å². The van der Waals surface area contributed by atoms with Gasteiger partial charge in [-0.05, 0) is 46.3 Å². The molecule has 0 spiro atoms. The van der Waals surface area contributed by atoms with Gasteiger partial charge in [-0.2, -0.15) is 0 Å². The van der Waals surface area contributed by atoms with Crippen molar-refractivity contribution in [2.75, 3.05) is 6.61 Å². The molecule has 76 valence electrons. The van der Waals surface area contributed by atoms with Crippen LogP contribution in [0.5, 0.6) is 0 Å². The zero-order chi connectivity index (χ0) is 9.97. The predicted molar refractivity (Wildman–Crippen MR) is 60.2 cm³/mol. The van der Waals surface area contributed by atoms with Crippen LogP contribution in [-0.4, -0.2) is 11.7 Å². The highest BCUT2D eigenvalue weighted by molar-refractivity contribution is 9.10. The molecule has 1 aliphatic heterocycles. The standard InChI is InChI=1S/C10H11BrO2S/c11-7-4-6-14-10(7)9(12)8-3-1-2-5-13-8/h3-4,6,9,12H,1-2,5H2. The Morgan fingerprint density at radius 1 is 1.57 bits per heavy atom. The molecule has 1 N–H and O–H groups in total. The average Bonchev–Trinajstić information content (AvgIpc) is 2.65. The van der Waals surface area contributed by atoms with E-state index in [1.807, 2.05) is 17.5 Å². The molecule has 0 saturated heterocycles. The first-order valence-corrected chi connectivity index (χ1v) is 6.20. The minimum atomic E-state index is -0.607. The van der Waals surface area contributed by atoms with Gasteiger partial charge in [0, 0.05) is 4.47 Å². The lowest BCUT2D eigenvalue weighted by atomic mass is 10.1. The van der Waals surface area contributed by atoms with Crippen molar-refractivity contribution in [2.24, 2.45) is 0 Å². The summed E-state index contributed by atoms with van der Waals surface area (Å²) in [5.74, 6) is 0.694. The molecule has 0 saturated carbocycles. The van der Waals surface area contributed by atoms with Crippen LogP contribution in [0.25, 0.3) is 0 Å². The van der Waals surface area contributed by atoms with E-state index in [1.165, 1.54) is 11.3 Å². The van der Waals surface area contributed by atoms with Crippen molar-refractivity contribution < 1.29 is 9.84 Å². The largest absolute Gasteiger partial charge is 0.495 e. The third kappa shape index (κ3) is 2.02. The molecule has 1 aliphatic rings. The molecule has 0 aliphatic carbocycles. The van der Waals surface area contributed by atoms with Gasteiger partial charge in [0.05, 0.1) is 11.5 Å². The number of aliphatic hydroxyl groups excluding tert-OH is 1. The molecule has 0 bridgehead atoms. The van der Waals surface area contributed by atoms with Crippen LogP contribution in [0, 0.1) is 0 Å². The van der Waals surface area contributed by atoms with Crippen molar-refractivity contribution >= 4 is 27.3 Å². The lowest BCUT2D eigenvalue weighted by Gasteiger charge is -2.19. The van der Waals surface area contributed by atoms with Gasteiger partial charge in [-0.15, -0.1) is 11.3 Å². The van der Waals surface area contributed by atoms with Crippen LogP contribution in [0.2, 0.25) is 0 Å². The normalized spacial score (nSPS) is 18.6. The van der Waals surface area contributed by atoms with Crippen LogP contribution in [0.1, 0.15) is 23.8 Å². The summed E-state index contributed by atoms with van der Waals surface area (Å²) >= 11 is 4.93. The van der Waals surface area contributed by atoms with Gasteiger partial charge in [-0.25, -0.2) is 0 Å². The highest BCUT2D eigenvalue weighted by Gasteiger charge is 2.20. The molecule has 1 aromatic rings. The van der Waals surface area contributed by atoms with Crippen LogP contribution in [-0.2, 0) is 4.74 Å². The van der Waals surface area contributed by atoms with Gasteiger partial charge in [-0.3, -0.25) is 0 Å². The Balaban J connectivity index is 2.19. The summed E-state index contributed by atoms with van der Waals surface area (Å²) < 4.78 is 6.36. The quantitative estimate of drug-likeness (QED) is 0.897. The molecule has 2 nitrogen and oxygen atoms in total. The minimum Gasteiger partial charge on any atom is -0.495 e. The van der Waals surface area contributed by atoms with Gasteiger partial charge in [0.25, 0.3) is 0 Å². The number of aliphatic hydroxyl groups is 1. The summed E-state index contributed by atoms with van der Waals surface area (Å²) in [5.41, 5.74) is 0. The lowest BCUT2D eigenvalue weighted by Crippen LogP contribution is -2.09. The second kappa shape index (κ2) is 4.47. The van der Waals surface area contributed by atoms with Crippen LogP contribution in [0.15, 0.2) is 27.8 Å². The fraction of sp³-hybridized carbons (Fsp3) is 0.400. The van der Waals surface area contributed by atoms with Gasteiger partial charge in [0.15, 0.2) is 0 Å². The maximum atomic E-state index is 10.0. The zero-order valence-electron chi connectivity index (χ0n) is 7.57. The van der Waals surface area contributed by atoms with Crippen molar-refractivity contribution in [1.29, 1.82) is 0 Å². The monoisotopic (exact) mass is 274 g/mol. The van der Waals surface area contributed by atoms with Crippen molar-refractivity contribution in [1.82, 2.24) is 0 Å². The first-order valence-electron chi connectivity index (χ1n) is 4.53. The molecular weight excluding hydrogens is 264 g/mol. The molecule has 1 atom stereocenters. The second-order valence-electron chi connectivity index (χ2n) is 3.13. The molecular formula is C10H11BrO2S. The Morgan fingerprint density at radius 3 is 3.00 bits per heavy atom. The third-order valence-corrected chi connectivity index (χ3v) is 4.05. The van der Waals surface area contributed by atoms with E-state index in [-0.39, 0.29) is 0 Å². The number of hydrogen-bond acceptors (Lipinski definition) is 3. The van der Waals surface area contributed by atoms with E-state index in [2.05, 4.69) is 15.9 Å². The van der Waals surface area contributed by atoms with E-state index >= 15 is 0 Å². The molecule has 0 aromatic carbocycles. The minimum absolute atomic E-state index is 0.607. The number of ether oxygens (including phenoxy) is 1. The molecule has 0 fully saturated rings. The zero-order valence-corrected chi connectivity index (χ0v) is 9.97. The Bertz CT molecular complexity index is 346. The van der Waals surface area contributed by atoms with Crippen molar-refractivity contribution in [3.63, 3.8) is 0 Å². The maximum Gasteiger partial charge on any atom is 0.146 e. The molecule has 2 rings (SSSR count). The van der Waals surface area contributed by atoms with Crippen molar-refractivity contribution in [3.05, 3.63) is 32.6 Å². The first kappa shape index (κ1) is 10.2. The van der Waals surface area contributed by atoms with E-state index < -0.39 is 6.10 Å². The van der Waals surface area contributed by atoms with Gasteiger partial charge in [0.2, 0.25) is 0 Å². The lowest BCUT2D eigenvalue weighted by molar-refractivity contribution is 0.0934. The summed E-state index contributed by atoms with van der Waals surface area (Å²) in [4.78, 5) is 0.915. The van der Waals surface area contributed by atoms with Gasteiger partial charge >= 0.3 is 0 Å². The maximum absolute atomic E-state index is 10.0. The van der Waals surface area contributed by atoms with Crippen LogP contribution < -0.4 is 0 Å².